The second-order valence-electron chi connectivity index (χ2n) is 7.10. The fourth-order valence-electron chi connectivity index (χ4n) is 3.64. The quantitative estimate of drug-likeness (QED) is 0.906. The molecular formula is C18H26N2O3S. The molecule has 0 saturated carbocycles. The van der Waals surface area contributed by atoms with E-state index in [-0.39, 0.29) is 23.3 Å². The van der Waals surface area contributed by atoms with Crippen molar-refractivity contribution in [3.63, 3.8) is 0 Å². The van der Waals surface area contributed by atoms with Crippen LogP contribution in [0, 0.1) is 5.41 Å². The Balaban J connectivity index is 1.43. The average molecular weight is 350 g/mol. The monoisotopic (exact) mass is 350 g/mol. The summed E-state index contributed by atoms with van der Waals surface area (Å²) in [6, 6.07) is 2.03. The first-order chi connectivity index (χ1) is 11.6. The van der Waals surface area contributed by atoms with Crippen LogP contribution in [0.25, 0.3) is 0 Å². The van der Waals surface area contributed by atoms with Gasteiger partial charge in [-0.05, 0) is 53.5 Å². The Morgan fingerprint density at radius 1 is 1.38 bits per heavy atom. The van der Waals surface area contributed by atoms with Gasteiger partial charge >= 0.3 is 0 Å². The van der Waals surface area contributed by atoms with Gasteiger partial charge < -0.3 is 15.0 Å². The molecule has 1 N–H and O–H groups in total. The number of carbonyl (C=O) groups is 2. The summed E-state index contributed by atoms with van der Waals surface area (Å²) in [6.45, 7) is 4.57. The third-order valence-electron chi connectivity index (χ3n) is 5.31. The van der Waals surface area contributed by atoms with Crippen molar-refractivity contribution in [3.8, 4) is 0 Å². The molecule has 3 rings (SSSR count). The molecule has 0 aromatic carbocycles. The van der Waals surface area contributed by atoms with Crippen LogP contribution in [0.4, 0.5) is 0 Å². The first kappa shape index (κ1) is 17.4. The van der Waals surface area contributed by atoms with Gasteiger partial charge in [-0.2, -0.15) is 11.3 Å². The van der Waals surface area contributed by atoms with Crippen molar-refractivity contribution in [1.29, 1.82) is 0 Å². The highest BCUT2D eigenvalue weighted by atomic mass is 32.1. The second kappa shape index (κ2) is 7.66. The molecule has 0 aliphatic carbocycles. The molecule has 1 aromatic rings. The molecule has 132 valence electrons. The zero-order chi connectivity index (χ0) is 17.0. The van der Waals surface area contributed by atoms with Gasteiger partial charge in [-0.3, -0.25) is 9.59 Å². The first-order valence-electron chi connectivity index (χ1n) is 8.71. The number of amides is 2. The molecule has 1 unspecified atom stereocenters. The van der Waals surface area contributed by atoms with Crippen LogP contribution in [0.2, 0.25) is 0 Å². The second-order valence-corrected chi connectivity index (χ2v) is 7.88. The minimum Gasteiger partial charge on any atom is -0.376 e. The van der Waals surface area contributed by atoms with Gasteiger partial charge in [-0.1, -0.05) is 0 Å². The van der Waals surface area contributed by atoms with E-state index in [1.165, 1.54) is 6.92 Å². The molecule has 1 aromatic heterocycles. The zero-order valence-corrected chi connectivity index (χ0v) is 15.1. The number of piperidine rings is 1. The van der Waals surface area contributed by atoms with Gasteiger partial charge in [0.05, 0.1) is 19.1 Å². The molecule has 24 heavy (non-hydrogen) atoms. The third kappa shape index (κ3) is 4.36. The molecule has 2 fully saturated rings. The number of ether oxygens (including phenoxy) is 1. The standard InChI is InChI=1S/C18H26N2O3S/c1-14(21)19-11-16-2-4-18(13-23-16)5-7-20(8-6-18)17(22)10-15-3-9-24-12-15/h3,9,12,16H,2,4-8,10-11,13H2,1H3,(H,19,21). The van der Waals surface area contributed by atoms with Crippen molar-refractivity contribution < 1.29 is 14.3 Å². The van der Waals surface area contributed by atoms with Crippen LogP contribution in [0.5, 0.6) is 0 Å². The molecule has 2 aliphatic rings. The van der Waals surface area contributed by atoms with Crippen LogP contribution in [0.1, 0.15) is 38.2 Å². The number of thiophene rings is 1. The van der Waals surface area contributed by atoms with E-state index < -0.39 is 0 Å². The minimum absolute atomic E-state index is 0.00340. The van der Waals surface area contributed by atoms with Gasteiger partial charge in [-0.15, -0.1) is 0 Å². The maximum Gasteiger partial charge on any atom is 0.227 e. The van der Waals surface area contributed by atoms with Gasteiger partial charge in [-0.25, -0.2) is 0 Å². The number of hydrogen-bond acceptors (Lipinski definition) is 4. The summed E-state index contributed by atoms with van der Waals surface area (Å²) < 4.78 is 5.99. The van der Waals surface area contributed by atoms with Crippen molar-refractivity contribution in [3.05, 3.63) is 22.4 Å². The summed E-state index contributed by atoms with van der Waals surface area (Å²) in [7, 11) is 0. The topological polar surface area (TPSA) is 58.6 Å². The van der Waals surface area contributed by atoms with Crippen molar-refractivity contribution in [2.45, 2.75) is 45.1 Å². The molecule has 5 nitrogen and oxygen atoms in total. The summed E-state index contributed by atoms with van der Waals surface area (Å²) in [6.07, 6.45) is 4.82. The predicted octanol–water partition coefficient (Wildman–Crippen LogP) is 2.21. The Labute approximate surface area is 147 Å². The molecule has 0 radical (unpaired) electrons. The molecule has 2 amide bonds. The summed E-state index contributed by atoms with van der Waals surface area (Å²) >= 11 is 1.64. The largest absolute Gasteiger partial charge is 0.376 e. The molecular weight excluding hydrogens is 324 g/mol. The van der Waals surface area contributed by atoms with Crippen LogP contribution in [0.3, 0.4) is 0 Å². The maximum atomic E-state index is 12.4. The van der Waals surface area contributed by atoms with E-state index in [2.05, 4.69) is 5.32 Å². The third-order valence-corrected chi connectivity index (χ3v) is 6.04. The van der Waals surface area contributed by atoms with E-state index in [1.54, 1.807) is 11.3 Å². The Morgan fingerprint density at radius 2 is 2.17 bits per heavy atom. The van der Waals surface area contributed by atoms with Crippen molar-refractivity contribution in [1.82, 2.24) is 10.2 Å². The van der Waals surface area contributed by atoms with Gasteiger partial charge in [0.2, 0.25) is 11.8 Å². The molecule has 2 saturated heterocycles. The summed E-state index contributed by atoms with van der Waals surface area (Å²) in [4.78, 5) is 25.4. The molecule has 2 aliphatic heterocycles. The highest BCUT2D eigenvalue weighted by molar-refractivity contribution is 7.07. The van der Waals surface area contributed by atoms with Crippen molar-refractivity contribution in [2.24, 2.45) is 5.41 Å². The van der Waals surface area contributed by atoms with Crippen LogP contribution >= 0.6 is 11.3 Å². The summed E-state index contributed by atoms with van der Waals surface area (Å²) in [5, 5.41) is 6.90. The van der Waals surface area contributed by atoms with E-state index in [9.17, 15) is 9.59 Å². The van der Waals surface area contributed by atoms with Crippen LogP contribution in [0.15, 0.2) is 16.8 Å². The van der Waals surface area contributed by atoms with E-state index >= 15 is 0 Å². The number of nitrogens with one attached hydrogen (secondary N) is 1. The van der Waals surface area contributed by atoms with Gasteiger partial charge in [0.15, 0.2) is 0 Å². The number of likely N-dealkylation sites (tertiary alicyclic amines) is 1. The lowest BCUT2D eigenvalue weighted by atomic mass is 9.73. The predicted molar refractivity (Wildman–Crippen MR) is 93.9 cm³/mol. The molecule has 1 spiro atoms. The molecule has 1 atom stereocenters. The van der Waals surface area contributed by atoms with Gasteiger partial charge in [0, 0.05) is 26.6 Å². The van der Waals surface area contributed by atoms with Crippen LogP contribution in [-0.4, -0.2) is 49.1 Å². The van der Waals surface area contributed by atoms with E-state index in [1.807, 2.05) is 21.7 Å². The summed E-state index contributed by atoms with van der Waals surface area (Å²) in [5.41, 5.74) is 1.35. The number of nitrogens with zero attached hydrogens (tertiary/aromatic N) is 1. The SMILES string of the molecule is CC(=O)NCC1CCC2(CCN(C(=O)Cc3ccsc3)CC2)CO1. The normalized spacial score (nSPS) is 23.2. The Kier molecular flexibility index (Phi) is 5.56. The Hall–Kier alpha value is -1.40. The van der Waals surface area contributed by atoms with E-state index in [0.29, 0.717) is 13.0 Å². The van der Waals surface area contributed by atoms with Gasteiger partial charge in [0.1, 0.15) is 0 Å². The van der Waals surface area contributed by atoms with Crippen LogP contribution in [-0.2, 0) is 20.7 Å². The van der Waals surface area contributed by atoms with Gasteiger partial charge in [0.25, 0.3) is 0 Å². The number of carbonyl (C=O) groups excluding carboxylic acids is 2. The minimum atomic E-state index is -0.00340. The molecule has 3 heterocycles. The average Bonchev–Trinajstić information content (AvgIpc) is 3.08. The van der Waals surface area contributed by atoms with Crippen molar-refractivity contribution >= 4 is 23.2 Å². The lowest BCUT2D eigenvalue weighted by molar-refractivity contribution is -0.136. The smallest absolute Gasteiger partial charge is 0.227 e. The Morgan fingerprint density at radius 3 is 2.75 bits per heavy atom. The Bertz CT molecular complexity index is 555. The van der Waals surface area contributed by atoms with Crippen LogP contribution < -0.4 is 5.32 Å². The van der Waals surface area contributed by atoms with E-state index in [4.69, 9.17) is 4.74 Å². The highest BCUT2D eigenvalue weighted by Gasteiger charge is 2.39. The zero-order valence-electron chi connectivity index (χ0n) is 14.3. The molecule has 6 heteroatoms. The van der Waals surface area contributed by atoms with E-state index in [0.717, 1.165) is 50.9 Å². The lowest BCUT2D eigenvalue weighted by Crippen LogP contribution is -2.49. The lowest BCUT2D eigenvalue weighted by Gasteiger charge is -2.45. The first-order valence-corrected chi connectivity index (χ1v) is 9.65. The molecule has 0 bridgehead atoms. The number of rotatable bonds is 4. The maximum absolute atomic E-state index is 12.4. The fourth-order valence-corrected chi connectivity index (χ4v) is 4.31. The highest BCUT2D eigenvalue weighted by Crippen LogP contribution is 2.40. The summed E-state index contributed by atoms with van der Waals surface area (Å²) in [5.74, 6) is 0.236. The fraction of sp³-hybridized carbons (Fsp3) is 0.667. The van der Waals surface area contributed by atoms with Crippen molar-refractivity contribution in [2.75, 3.05) is 26.2 Å². The number of hydrogen-bond donors (Lipinski definition) is 1.